The Balaban J connectivity index is 2.12. The van der Waals surface area contributed by atoms with E-state index < -0.39 is 0 Å². The standard InChI is InChI=1S/C12H19BrN2O/c1-2-6-14-7-8-15(11(14)16)10-12(9-13)4-3-5-12/h7-8H,2-6,9-10H2,1H3. The van der Waals surface area contributed by atoms with Crippen LogP contribution in [0.5, 0.6) is 0 Å². The van der Waals surface area contributed by atoms with Crippen LogP contribution in [0.25, 0.3) is 0 Å². The number of nitrogens with zero attached hydrogens (tertiary/aromatic N) is 2. The molecule has 0 N–H and O–H groups in total. The predicted molar refractivity (Wildman–Crippen MR) is 69.1 cm³/mol. The molecular weight excluding hydrogens is 268 g/mol. The lowest BCUT2D eigenvalue weighted by atomic mass is 9.70. The van der Waals surface area contributed by atoms with E-state index in [1.54, 1.807) is 4.57 Å². The third-order valence-corrected chi connectivity index (χ3v) is 4.78. The van der Waals surface area contributed by atoms with Crippen molar-refractivity contribution in [2.24, 2.45) is 5.41 Å². The van der Waals surface area contributed by atoms with Gasteiger partial charge in [0.1, 0.15) is 0 Å². The van der Waals surface area contributed by atoms with Gasteiger partial charge in [0.15, 0.2) is 0 Å². The second-order valence-corrected chi connectivity index (χ2v) is 5.45. The van der Waals surface area contributed by atoms with Gasteiger partial charge in [-0.3, -0.25) is 9.13 Å². The molecule has 1 fully saturated rings. The molecule has 3 nitrogen and oxygen atoms in total. The Morgan fingerprint density at radius 3 is 2.56 bits per heavy atom. The SMILES string of the molecule is CCCn1ccn(CC2(CBr)CCC2)c1=O. The molecule has 0 radical (unpaired) electrons. The number of alkyl halides is 1. The zero-order valence-corrected chi connectivity index (χ0v) is 11.4. The van der Waals surface area contributed by atoms with Crippen LogP contribution in [0, 0.1) is 5.41 Å². The molecule has 1 aromatic heterocycles. The lowest BCUT2D eigenvalue weighted by Gasteiger charge is -2.40. The molecule has 0 atom stereocenters. The summed E-state index contributed by atoms with van der Waals surface area (Å²) in [7, 11) is 0. The van der Waals surface area contributed by atoms with E-state index in [2.05, 4.69) is 22.9 Å². The summed E-state index contributed by atoms with van der Waals surface area (Å²) in [5, 5.41) is 1.01. The van der Waals surface area contributed by atoms with Crippen molar-refractivity contribution in [1.82, 2.24) is 9.13 Å². The lowest BCUT2D eigenvalue weighted by Crippen LogP contribution is -2.39. The van der Waals surface area contributed by atoms with Crippen molar-refractivity contribution in [2.45, 2.75) is 45.7 Å². The number of halogens is 1. The van der Waals surface area contributed by atoms with Gasteiger partial charge in [0.05, 0.1) is 0 Å². The Morgan fingerprint density at radius 2 is 2.06 bits per heavy atom. The number of rotatable bonds is 5. The summed E-state index contributed by atoms with van der Waals surface area (Å²) in [5.41, 5.74) is 0.483. The summed E-state index contributed by atoms with van der Waals surface area (Å²) in [6, 6.07) is 0. The van der Waals surface area contributed by atoms with E-state index in [1.807, 2.05) is 17.0 Å². The average molecular weight is 287 g/mol. The summed E-state index contributed by atoms with van der Waals surface area (Å²) >= 11 is 3.58. The predicted octanol–water partition coefficient (Wildman–Crippen LogP) is 2.63. The minimum absolute atomic E-state index is 0.147. The monoisotopic (exact) mass is 286 g/mol. The molecule has 0 aliphatic heterocycles. The molecule has 0 unspecified atom stereocenters. The Morgan fingerprint density at radius 1 is 1.38 bits per heavy atom. The van der Waals surface area contributed by atoms with Crippen molar-refractivity contribution >= 4 is 15.9 Å². The Labute approximate surface area is 105 Å². The third kappa shape index (κ3) is 2.12. The molecule has 90 valence electrons. The van der Waals surface area contributed by atoms with Crippen LogP contribution in [-0.4, -0.2) is 14.5 Å². The van der Waals surface area contributed by atoms with Crippen LogP contribution in [0.1, 0.15) is 32.6 Å². The van der Waals surface area contributed by atoms with Crippen molar-refractivity contribution < 1.29 is 0 Å². The first-order valence-corrected chi connectivity index (χ1v) is 7.14. The third-order valence-electron chi connectivity index (χ3n) is 3.59. The zero-order chi connectivity index (χ0) is 11.6. The van der Waals surface area contributed by atoms with Crippen LogP contribution in [-0.2, 0) is 13.1 Å². The number of hydrogen-bond donors (Lipinski definition) is 0. The normalized spacial score (nSPS) is 18.4. The highest BCUT2D eigenvalue weighted by molar-refractivity contribution is 9.09. The second kappa shape index (κ2) is 4.78. The van der Waals surface area contributed by atoms with Gasteiger partial charge in [0.25, 0.3) is 0 Å². The molecule has 0 amide bonds. The number of aryl methyl sites for hydroxylation is 1. The van der Waals surface area contributed by atoms with Gasteiger partial charge >= 0.3 is 5.69 Å². The van der Waals surface area contributed by atoms with Crippen LogP contribution < -0.4 is 5.69 Å². The largest absolute Gasteiger partial charge is 0.328 e. The van der Waals surface area contributed by atoms with Crippen LogP contribution in [0.4, 0.5) is 0 Å². The molecule has 2 rings (SSSR count). The van der Waals surface area contributed by atoms with E-state index >= 15 is 0 Å². The summed E-state index contributed by atoms with van der Waals surface area (Å²) < 4.78 is 3.68. The first kappa shape index (κ1) is 12.0. The van der Waals surface area contributed by atoms with Crippen LogP contribution >= 0.6 is 15.9 Å². The summed E-state index contributed by atoms with van der Waals surface area (Å²) in [4.78, 5) is 12.0. The molecule has 1 aromatic rings. The second-order valence-electron chi connectivity index (χ2n) is 4.89. The molecule has 1 aliphatic carbocycles. The molecule has 4 heteroatoms. The minimum Gasteiger partial charge on any atom is -0.299 e. The topological polar surface area (TPSA) is 26.9 Å². The quantitative estimate of drug-likeness (QED) is 0.765. The zero-order valence-electron chi connectivity index (χ0n) is 9.79. The van der Waals surface area contributed by atoms with E-state index in [-0.39, 0.29) is 5.69 Å². The fraction of sp³-hybridized carbons (Fsp3) is 0.750. The van der Waals surface area contributed by atoms with E-state index in [4.69, 9.17) is 0 Å². The first-order valence-electron chi connectivity index (χ1n) is 6.02. The van der Waals surface area contributed by atoms with Gasteiger partial charge in [0, 0.05) is 30.8 Å². The molecule has 0 saturated heterocycles. The first-order chi connectivity index (χ1) is 7.71. The van der Waals surface area contributed by atoms with Gasteiger partial charge in [-0.05, 0) is 24.7 Å². The maximum atomic E-state index is 12.0. The highest BCUT2D eigenvalue weighted by Gasteiger charge is 2.36. The Bertz CT molecular complexity index is 398. The number of aromatic nitrogens is 2. The molecule has 0 spiro atoms. The molecular formula is C12H19BrN2O. The smallest absolute Gasteiger partial charge is 0.299 e. The van der Waals surface area contributed by atoms with Crippen LogP contribution in [0.15, 0.2) is 17.2 Å². The number of imidazole rings is 1. The van der Waals surface area contributed by atoms with Crippen molar-refractivity contribution in [3.05, 3.63) is 22.9 Å². The Kier molecular flexibility index (Phi) is 3.57. The molecule has 0 bridgehead atoms. The van der Waals surface area contributed by atoms with E-state index in [0.717, 1.165) is 24.8 Å². The number of hydrogen-bond acceptors (Lipinski definition) is 1. The summed E-state index contributed by atoms with van der Waals surface area (Å²) in [5.74, 6) is 0. The van der Waals surface area contributed by atoms with Crippen LogP contribution in [0.3, 0.4) is 0 Å². The van der Waals surface area contributed by atoms with E-state index in [9.17, 15) is 4.79 Å². The van der Waals surface area contributed by atoms with Crippen molar-refractivity contribution in [3.8, 4) is 0 Å². The van der Waals surface area contributed by atoms with Gasteiger partial charge in [-0.25, -0.2) is 4.79 Å². The van der Waals surface area contributed by atoms with E-state index in [1.165, 1.54) is 19.3 Å². The van der Waals surface area contributed by atoms with Gasteiger partial charge in [-0.15, -0.1) is 0 Å². The molecule has 16 heavy (non-hydrogen) atoms. The van der Waals surface area contributed by atoms with Gasteiger partial charge in [-0.1, -0.05) is 29.3 Å². The molecule has 1 saturated carbocycles. The molecule has 0 aromatic carbocycles. The lowest BCUT2D eigenvalue weighted by molar-refractivity contribution is 0.138. The van der Waals surface area contributed by atoms with Crippen molar-refractivity contribution in [3.63, 3.8) is 0 Å². The van der Waals surface area contributed by atoms with E-state index in [0.29, 0.717) is 5.41 Å². The van der Waals surface area contributed by atoms with Crippen molar-refractivity contribution in [1.29, 1.82) is 0 Å². The molecule has 1 heterocycles. The molecule has 1 aliphatic rings. The van der Waals surface area contributed by atoms with Crippen molar-refractivity contribution in [2.75, 3.05) is 5.33 Å². The maximum absolute atomic E-state index is 12.0. The van der Waals surface area contributed by atoms with Gasteiger partial charge in [-0.2, -0.15) is 0 Å². The summed E-state index contributed by atoms with van der Waals surface area (Å²) in [6.45, 7) is 3.79. The Hall–Kier alpha value is -0.510. The highest BCUT2D eigenvalue weighted by Crippen LogP contribution is 2.43. The summed E-state index contributed by atoms with van der Waals surface area (Å²) in [6.07, 6.45) is 8.63. The van der Waals surface area contributed by atoms with Gasteiger partial charge < -0.3 is 0 Å². The highest BCUT2D eigenvalue weighted by atomic mass is 79.9. The average Bonchev–Trinajstić information content (AvgIpc) is 2.56. The fourth-order valence-corrected chi connectivity index (χ4v) is 3.10. The fourth-order valence-electron chi connectivity index (χ4n) is 2.36. The maximum Gasteiger partial charge on any atom is 0.328 e. The van der Waals surface area contributed by atoms with Gasteiger partial charge in [0.2, 0.25) is 0 Å². The van der Waals surface area contributed by atoms with Crippen LogP contribution in [0.2, 0.25) is 0 Å². The minimum atomic E-state index is 0.147.